The van der Waals surface area contributed by atoms with E-state index in [0.717, 1.165) is 24.6 Å². The minimum atomic E-state index is -0.165. The molecule has 2 aromatic rings. The highest BCUT2D eigenvalue weighted by atomic mass is 127. The zero-order valence-corrected chi connectivity index (χ0v) is 21.9. The van der Waals surface area contributed by atoms with Gasteiger partial charge in [0.15, 0.2) is 17.5 Å². The van der Waals surface area contributed by atoms with Crippen LogP contribution in [0.4, 0.5) is 0 Å². The van der Waals surface area contributed by atoms with Crippen LogP contribution in [0.25, 0.3) is 0 Å². The van der Waals surface area contributed by atoms with Gasteiger partial charge in [0, 0.05) is 31.9 Å². The van der Waals surface area contributed by atoms with Crippen LogP contribution in [-0.2, 0) is 16.1 Å². The summed E-state index contributed by atoms with van der Waals surface area (Å²) >= 11 is 0. The van der Waals surface area contributed by atoms with Crippen molar-refractivity contribution in [1.82, 2.24) is 15.2 Å². The number of esters is 1. The van der Waals surface area contributed by atoms with E-state index in [4.69, 9.17) is 19.2 Å². The van der Waals surface area contributed by atoms with Crippen LogP contribution in [0.5, 0.6) is 17.4 Å². The number of hydrogen-bond donors (Lipinski definition) is 1. The third-order valence-electron chi connectivity index (χ3n) is 5.32. The third-order valence-corrected chi connectivity index (χ3v) is 5.32. The molecule has 33 heavy (non-hydrogen) atoms. The van der Waals surface area contributed by atoms with Crippen molar-refractivity contribution in [1.29, 1.82) is 0 Å². The van der Waals surface area contributed by atoms with Crippen molar-refractivity contribution >= 4 is 35.9 Å². The predicted molar refractivity (Wildman–Crippen MR) is 138 cm³/mol. The molecule has 0 bridgehead atoms. The molecule has 0 aliphatic carbocycles. The summed E-state index contributed by atoms with van der Waals surface area (Å²) in [4.78, 5) is 23.3. The normalized spacial score (nSPS) is 17.8. The number of rotatable bonds is 8. The number of halogens is 1. The number of aliphatic imine (C=N–C) groups is 1. The molecule has 1 aromatic carbocycles. The highest BCUT2D eigenvalue weighted by molar-refractivity contribution is 14.0. The lowest BCUT2D eigenvalue weighted by Crippen LogP contribution is -2.40. The molecule has 1 aliphatic heterocycles. The SMILES string of the molecule is CCNC(=NCc1ccc(Oc2ccccc2OCC)nc1)N1CC(C)C(C(=O)OC)C1.I. The predicted octanol–water partition coefficient (Wildman–Crippen LogP) is 4.10. The number of carbonyl (C=O) groups excluding carboxylic acids is 1. The Balaban J connectivity index is 0.00000385. The van der Waals surface area contributed by atoms with Crippen LogP contribution in [0.3, 0.4) is 0 Å². The van der Waals surface area contributed by atoms with E-state index in [1.807, 2.05) is 50.2 Å². The molecular formula is C24H33IN4O4. The van der Waals surface area contributed by atoms with Gasteiger partial charge in [0.2, 0.25) is 5.88 Å². The Morgan fingerprint density at radius 1 is 1.18 bits per heavy atom. The number of para-hydroxylation sites is 2. The second-order valence-electron chi connectivity index (χ2n) is 7.67. The number of nitrogens with one attached hydrogen (secondary N) is 1. The van der Waals surface area contributed by atoms with Crippen LogP contribution < -0.4 is 14.8 Å². The van der Waals surface area contributed by atoms with Crippen molar-refractivity contribution in [3.63, 3.8) is 0 Å². The van der Waals surface area contributed by atoms with E-state index in [2.05, 4.69) is 22.1 Å². The van der Waals surface area contributed by atoms with E-state index in [9.17, 15) is 4.79 Å². The summed E-state index contributed by atoms with van der Waals surface area (Å²) in [6, 6.07) is 11.3. The number of nitrogens with zero attached hydrogens (tertiary/aromatic N) is 3. The zero-order chi connectivity index (χ0) is 22.9. The Kier molecular flexibility index (Phi) is 10.7. The molecule has 2 unspecified atom stereocenters. The smallest absolute Gasteiger partial charge is 0.310 e. The van der Waals surface area contributed by atoms with Gasteiger partial charge in [0.25, 0.3) is 0 Å². The zero-order valence-electron chi connectivity index (χ0n) is 19.6. The lowest BCUT2D eigenvalue weighted by molar-refractivity contribution is -0.145. The van der Waals surface area contributed by atoms with E-state index >= 15 is 0 Å². The number of carbonyl (C=O) groups is 1. The van der Waals surface area contributed by atoms with Gasteiger partial charge in [-0.15, -0.1) is 24.0 Å². The molecule has 9 heteroatoms. The Labute approximate surface area is 212 Å². The molecule has 3 rings (SSSR count). The van der Waals surface area contributed by atoms with Crippen LogP contribution >= 0.6 is 24.0 Å². The first kappa shape index (κ1) is 26.7. The molecule has 1 aromatic heterocycles. The number of aromatic nitrogens is 1. The maximum Gasteiger partial charge on any atom is 0.310 e. The van der Waals surface area contributed by atoms with Crippen molar-refractivity contribution in [2.45, 2.75) is 27.3 Å². The second-order valence-corrected chi connectivity index (χ2v) is 7.67. The third kappa shape index (κ3) is 7.21. The molecule has 0 amide bonds. The van der Waals surface area contributed by atoms with E-state index in [1.54, 1.807) is 6.20 Å². The van der Waals surface area contributed by atoms with E-state index in [1.165, 1.54) is 7.11 Å². The number of benzene rings is 1. The summed E-state index contributed by atoms with van der Waals surface area (Å²) in [5.74, 6) is 2.51. The van der Waals surface area contributed by atoms with E-state index < -0.39 is 0 Å². The molecule has 2 heterocycles. The van der Waals surface area contributed by atoms with Gasteiger partial charge < -0.3 is 24.4 Å². The first-order chi connectivity index (χ1) is 15.5. The lowest BCUT2D eigenvalue weighted by atomic mass is 9.99. The fourth-order valence-corrected chi connectivity index (χ4v) is 3.68. The minimum absolute atomic E-state index is 0. The Bertz CT molecular complexity index is 923. The second kappa shape index (κ2) is 13.2. The molecular weight excluding hydrogens is 535 g/mol. The van der Waals surface area contributed by atoms with Gasteiger partial charge in [0.1, 0.15) is 0 Å². The van der Waals surface area contributed by atoms with Gasteiger partial charge in [-0.2, -0.15) is 0 Å². The number of guanidine groups is 1. The number of hydrogen-bond acceptors (Lipinski definition) is 6. The highest BCUT2D eigenvalue weighted by Crippen LogP contribution is 2.30. The lowest BCUT2D eigenvalue weighted by Gasteiger charge is -2.21. The molecule has 1 aliphatic rings. The van der Waals surface area contributed by atoms with Crippen molar-refractivity contribution in [2.75, 3.05) is 33.4 Å². The molecule has 2 atom stereocenters. The number of likely N-dealkylation sites (tertiary alicyclic amines) is 1. The Morgan fingerprint density at radius 3 is 2.58 bits per heavy atom. The summed E-state index contributed by atoms with van der Waals surface area (Å²) in [6.07, 6.45) is 1.76. The maximum atomic E-state index is 12.0. The van der Waals surface area contributed by atoms with Gasteiger partial charge in [-0.3, -0.25) is 4.79 Å². The minimum Gasteiger partial charge on any atom is -0.490 e. The highest BCUT2D eigenvalue weighted by Gasteiger charge is 2.36. The van der Waals surface area contributed by atoms with Crippen LogP contribution in [0, 0.1) is 11.8 Å². The first-order valence-electron chi connectivity index (χ1n) is 11.0. The van der Waals surface area contributed by atoms with Crippen LogP contribution in [-0.4, -0.2) is 55.2 Å². The number of methoxy groups -OCH3 is 1. The molecule has 0 saturated carbocycles. The topological polar surface area (TPSA) is 85.3 Å². The summed E-state index contributed by atoms with van der Waals surface area (Å²) in [7, 11) is 1.44. The summed E-state index contributed by atoms with van der Waals surface area (Å²) in [6.45, 7) is 9.17. The monoisotopic (exact) mass is 568 g/mol. The standard InChI is InChI=1S/C24H32N4O4.HI/c1-5-25-24(28-15-17(3)19(16-28)23(29)30-4)27-14-18-11-12-22(26-13-18)32-21-10-8-7-9-20(21)31-6-2;/h7-13,17,19H,5-6,14-16H2,1-4H3,(H,25,27);1H. The molecule has 0 radical (unpaired) electrons. The molecule has 0 spiro atoms. The summed E-state index contributed by atoms with van der Waals surface area (Å²) < 4.78 is 16.4. The molecule has 1 N–H and O–H groups in total. The van der Waals surface area contributed by atoms with Crippen molar-refractivity contribution in [2.24, 2.45) is 16.8 Å². The Morgan fingerprint density at radius 2 is 1.94 bits per heavy atom. The summed E-state index contributed by atoms with van der Waals surface area (Å²) in [5, 5.41) is 3.32. The molecule has 1 fully saturated rings. The van der Waals surface area contributed by atoms with Gasteiger partial charge in [-0.05, 0) is 37.5 Å². The average molecular weight is 568 g/mol. The van der Waals surface area contributed by atoms with E-state index in [-0.39, 0.29) is 41.8 Å². The molecule has 180 valence electrons. The van der Waals surface area contributed by atoms with Crippen LogP contribution in [0.1, 0.15) is 26.3 Å². The fourth-order valence-electron chi connectivity index (χ4n) is 3.68. The maximum absolute atomic E-state index is 12.0. The van der Waals surface area contributed by atoms with Crippen molar-refractivity contribution in [3.8, 4) is 17.4 Å². The van der Waals surface area contributed by atoms with Gasteiger partial charge in [0.05, 0.1) is 26.2 Å². The van der Waals surface area contributed by atoms with Gasteiger partial charge >= 0.3 is 5.97 Å². The fraction of sp³-hybridized carbons (Fsp3) is 0.458. The Hall–Kier alpha value is -2.56. The van der Waals surface area contributed by atoms with Crippen molar-refractivity contribution < 1.29 is 19.0 Å². The van der Waals surface area contributed by atoms with E-state index in [0.29, 0.717) is 37.1 Å². The number of ether oxygens (including phenoxy) is 3. The number of pyridine rings is 1. The van der Waals surface area contributed by atoms with Crippen LogP contribution in [0.2, 0.25) is 0 Å². The van der Waals surface area contributed by atoms with Crippen molar-refractivity contribution in [3.05, 3.63) is 48.2 Å². The first-order valence-corrected chi connectivity index (χ1v) is 11.0. The quantitative estimate of drug-likeness (QED) is 0.222. The van der Waals surface area contributed by atoms with Gasteiger partial charge in [-0.25, -0.2) is 9.98 Å². The molecule has 1 saturated heterocycles. The van der Waals surface area contributed by atoms with Crippen LogP contribution in [0.15, 0.2) is 47.6 Å². The molecule has 8 nitrogen and oxygen atoms in total. The largest absolute Gasteiger partial charge is 0.490 e. The van der Waals surface area contributed by atoms with Gasteiger partial charge in [-0.1, -0.05) is 25.1 Å². The summed E-state index contributed by atoms with van der Waals surface area (Å²) in [5.41, 5.74) is 0.961. The average Bonchev–Trinajstić information content (AvgIpc) is 3.20.